The van der Waals surface area contributed by atoms with Crippen LogP contribution in [-0.4, -0.2) is 18.9 Å². The average molecular weight is 327 g/mol. The zero-order valence-electron chi connectivity index (χ0n) is 12.6. The number of ether oxygens (including phenoxy) is 1. The van der Waals surface area contributed by atoms with Gasteiger partial charge in [0.25, 0.3) is 5.91 Å². The van der Waals surface area contributed by atoms with Crippen LogP contribution in [0.4, 0.5) is 0 Å². The van der Waals surface area contributed by atoms with E-state index in [0.29, 0.717) is 16.7 Å². The number of carbonyl (C=O) groups excluding carboxylic acids is 2. The maximum Gasteiger partial charge on any atom is 0.307 e. The number of nitrogens with two attached hydrogens (primary N) is 1. The summed E-state index contributed by atoms with van der Waals surface area (Å²) in [6, 6.07) is 9.73. The minimum atomic E-state index is -0.741. The van der Waals surface area contributed by atoms with Crippen molar-refractivity contribution < 1.29 is 23.2 Å². The Morgan fingerprint density at radius 1 is 1.25 bits per heavy atom. The Kier molecular flexibility index (Phi) is 4.02. The summed E-state index contributed by atoms with van der Waals surface area (Å²) in [5, 5.41) is 4.44. The quantitative estimate of drug-likeness (QED) is 0.701. The molecule has 3 aromatic rings. The zero-order chi connectivity index (χ0) is 17.1. The van der Waals surface area contributed by atoms with Crippen LogP contribution in [0.15, 0.2) is 56.6 Å². The number of benzene rings is 1. The number of primary amides is 1. The van der Waals surface area contributed by atoms with Gasteiger partial charge >= 0.3 is 5.91 Å². The van der Waals surface area contributed by atoms with E-state index >= 15 is 0 Å². The summed E-state index contributed by atoms with van der Waals surface area (Å²) in [5.41, 5.74) is 7.86. The van der Waals surface area contributed by atoms with Crippen LogP contribution >= 0.6 is 0 Å². The van der Waals surface area contributed by atoms with Crippen LogP contribution in [-0.2, 0) is 0 Å². The van der Waals surface area contributed by atoms with Crippen molar-refractivity contribution in [3.8, 4) is 5.75 Å². The lowest BCUT2D eigenvalue weighted by Gasteiger charge is -2.06. The minimum Gasteiger partial charge on any atom is -0.493 e. The molecule has 8 heteroatoms. The van der Waals surface area contributed by atoms with Crippen molar-refractivity contribution >= 4 is 22.8 Å². The largest absolute Gasteiger partial charge is 0.493 e. The molecule has 0 fully saturated rings. The predicted molar refractivity (Wildman–Crippen MR) is 83.0 cm³/mol. The Labute approximate surface area is 135 Å². The molecule has 0 radical (unpaired) electrons. The number of carbonyl (C=O) groups is 2. The molecule has 0 aliphatic rings. The van der Waals surface area contributed by atoms with Crippen molar-refractivity contribution in [1.82, 2.24) is 5.43 Å². The summed E-state index contributed by atoms with van der Waals surface area (Å²) in [7, 11) is 1.49. The second-order valence-corrected chi connectivity index (χ2v) is 4.74. The molecule has 122 valence electrons. The van der Waals surface area contributed by atoms with Gasteiger partial charge in [0.15, 0.2) is 17.1 Å². The Morgan fingerprint density at radius 2 is 2.08 bits per heavy atom. The summed E-state index contributed by atoms with van der Waals surface area (Å²) < 4.78 is 15.8. The summed E-state index contributed by atoms with van der Waals surface area (Å²) >= 11 is 0. The molecule has 0 spiro atoms. The molecule has 0 atom stereocenters. The topological polar surface area (TPSA) is 120 Å². The first-order valence-electron chi connectivity index (χ1n) is 6.88. The fraction of sp³-hybridized carbons (Fsp3) is 0.0625. The van der Waals surface area contributed by atoms with E-state index < -0.39 is 11.8 Å². The van der Waals surface area contributed by atoms with Gasteiger partial charge in [-0.25, -0.2) is 5.43 Å². The number of nitrogens with one attached hydrogen (secondary N) is 1. The maximum absolute atomic E-state index is 11.9. The van der Waals surface area contributed by atoms with Gasteiger partial charge < -0.3 is 19.3 Å². The molecule has 3 rings (SSSR count). The normalized spacial score (nSPS) is 11.5. The zero-order valence-corrected chi connectivity index (χ0v) is 12.6. The van der Waals surface area contributed by atoms with Crippen LogP contribution in [0.3, 0.4) is 0 Å². The molecule has 2 aromatic heterocycles. The third kappa shape index (κ3) is 2.84. The standard InChI is InChI=1S/C16H13N3O5/c1-22-11-5-2-4-9-8-10(14(17)20)16(24-13(9)11)19-18-15(21)12-6-3-7-23-12/h2-8H,1H3,(H2,17,20)(H,18,21). The van der Waals surface area contributed by atoms with Crippen LogP contribution in [0.1, 0.15) is 20.9 Å². The predicted octanol–water partition coefficient (Wildman–Crippen LogP) is 1.38. The fourth-order valence-corrected chi connectivity index (χ4v) is 2.11. The Bertz CT molecular complexity index is 973. The van der Waals surface area contributed by atoms with Crippen LogP contribution in [0.2, 0.25) is 0 Å². The van der Waals surface area contributed by atoms with Crippen LogP contribution in [0, 0.1) is 0 Å². The first-order valence-corrected chi connectivity index (χ1v) is 6.88. The first kappa shape index (κ1) is 15.3. The smallest absolute Gasteiger partial charge is 0.307 e. The van der Waals surface area contributed by atoms with Gasteiger partial charge in [-0.1, -0.05) is 12.1 Å². The molecule has 24 heavy (non-hydrogen) atoms. The lowest BCUT2D eigenvalue weighted by Crippen LogP contribution is -2.26. The van der Waals surface area contributed by atoms with Gasteiger partial charge in [0, 0.05) is 5.39 Å². The number of hydrogen-bond acceptors (Lipinski definition) is 6. The van der Waals surface area contributed by atoms with Crippen LogP contribution in [0.5, 0.6) is 5.75 Å². The van der Waals surface area contributed by atoms with Crippen molar-refractivity contribution in [2.75, 3.05) is 7.11 Å². The van der Waals surface area contributed by atoms with Gasteiger partial charge in [0.2, 0.25) is 5.55 Å². The van der Waals surface area contributed by atoms with Crippen molar-refractivity contribution in [3.05, 3.63) is 59.5 Å². The van der Waals surface area contributed by atoms with Gasteiger partial charge in [-0.3, -0.25) is 9.59 Å². The SMILES string of the molecule is COc1cccc2cc(C(N)=O)c(=NNC(=O)c3ccco3)oc12. The maximum atomic E-state index is 11.9. The Balaban J connectivity index is 2.10. The number of methoxy groups -OCH3 is 1. The van der Waals surface area contributed by atoms with Gasteiger partial charge in [0.1, 0.15) is 5.56 Å². The minimum absolute atomic E-state index is 0.0236. The van der Waals surface area contributed by atoms with E-state index in [1.807, 2.05) is 0 Å². The molecule has 0 saturated heterocycles. The lowest BCUT2D eigenvalue weighted by molar-refractivity contribution is 0.0920. The molecular formula is C16H13N3O5. The third-order valence-electron chi connectivity index (χ3n) is 3.23. The highest BCUT2D eigenvalue weighted by molar-refractivity contribution is 5.96. The van der Waals surface area contributed by atoms with E-state index in [0.717, 1.165) is 0 Å². The molecule has 0 aliphatic carbocycles. The molecule has 0 saturated carbocycles. The molecule has 0 aliphatic heterocycles. The van der Waals surface area contributed by atoms with Crippen LogP contribution in [0.25, 0.3) is 11.0 Å². The number of para-hydroxylation sites is 1. The molecular weight excluding hydrogens is 314 g/mol. The molecule has 2 heterocycles. The highest BCUT2D eigenvalue weighted by atomic mass is 16.5. The molecule has 0 bridgehead atoms. The van der Waals surface area contributed by atoms with E-state index in [1.165, 1.54) is 25.5 Å². The summed E-state index contributed by atoms with van der Waals surface area (Å²) in [4.78, 5) is 23.5. The lowest BCUT2D eigenvalue weighted by atomic mass is 10.1. The van der Waals surface area contributed by atoms with Gasteiger partial charge in [-0.05, 0) is 24.3 Å². The Hall–Kier alpha value is -3.55. The van der Waals surface area contributed by atoms with E-state index in [-0.39, 0.29) is 16.9 Å². The van der Waals surface area contributed by atoms with Crippen LogP contribution < -0.4 is 21.5 Å². The van der Waals surface area contributed by atoms with Gasteiger partial charge in [0.05, 0.1) is 13.4 Å². The monoisotopic (exact) mass is 327 g/mol. The number of amides is 2. The van der Waals surface area contributed by atoms with Crippen molar-refractivity contribution in [2.24, 2.45) is 10.8 Å². The van der Waals surface area contributed by atoms with Gasteiger partial charge in [-0.2, -0.15) is 0 Å². The van der Waals surface area contributed by atoms with Crippen molar-refractivity contribution in [2.45, 2.75) is 0 Å². The molecule has 1 aromatic carbocycles. The second-order valence-electron chi connectivity index (χ2n) is 4.74. The Morgan fingerprint density at radius 3 is 2.75 bits per heavy atom. The van der Waals surface area contributed by atoms with E-state index in [4.69, 9.17) is 19.3 Å². The molecule has 0 unspecified atom stereocenters. The fourth-order valence-electron chi connectivity index (χ4n) is 2.11. The van der Waals surface area contributed by atoms with E-state index in [2.05, 4.69) is 10.5 Å². The summed E-state index contributed by atoms with van der Waals surface area (Å²) in [5.74, 6) is -0.810. The van der Waals surface area contributed by atoms with E-state index in [1.54, 1.807) is 24.3 Å². The van der Waals surface area contributed by atoms with E-state index in [9.17, 15) is 9.59 Å². The number of hydrogen-bond donors (Lipinski definition) is 2. The summed E-state index contributed by atoms with van der Waals surface area (Å²) in [6.07, 6.45) is 1.36. The first-order chi connectivity index (χ1) is 11.6. The molecule has 3 N–H and O–H groups in total. The number of fused-ring (bicyclic) bond motifs is 1. The number of nitrogens with zero attached hydrogens (tertiary/aromatic N) is 1. The third-order valence-corrected chi connectivity index (χ3v) is 3.23. The summed E-state index contributed by atoms with van der Waals surface area (Å²) in [6.45, 7) is 0. The second kappa shape index (κ2) is 6.29. The number of rotatable bonds is 4. The molecule has 2 amide bonds. The van der Waals surface area contributed by atoms with Gasteiger partial charge in [-0.15, -0.1) is 5.10 Å². The van der Waals surface area contributed by atoms with Crippen molar-refractivity contribution in [3.63, 3.8) is 0 Å². The molecule has 8 nitrogen and oxygen atoms in total. The highest BCUT2D eigenvalue weighted by Crippen LogP contribution is 2.24. The number of furan rings is 1. The highest BCUT2D eigenvalue weighted by Gasteiger charge is 2.13. The van der Waals surface area contributed by atoms with Crippen molar-refractivity contribution in [1.29, 1.82) is 0 Å². The average Bonchev–Trinajstić information content (AvgIpc) is 3.12.